The van der Waals surface area contributed by atoms with Crippen molar-refractivity contribution >= 4 is 6.08 Å². The molecule has 0 aliphatic heterocycles. The predicted molar refractivity (Wildman–Crippen MR) is 69.3 cm³/mol. The minimum Gasteiger partial charge on any atom is -0.380 e. The molecule has 1 rings (SSSR count). The molecule has 0 amide bonds. The SMILES string of the molecule is CCNCC(C)=Cc1ccccc1COC. The van der Waals surface area contributed by atoms with Gasteiger partial charge in [0.2, 0.25) is 0 Å². The van der Waals surface area contributed by atoms with Crippen LogP contribution in [0.2, 0.25) is 0 Å². The third-order valence-electron chi connectivity index (χ3n) is 2.41. The van der Waals surface area contributed by atoms with Crippen molar-refractivity contribution in [2.24, 2.45) is 0 Å². The fraction of sp³-hybridized carbons (Fsp3) is 0.429. The van der Waals surface area contributed by atoms with Gasteiger partial charge in [-0.2, -0.15) is 0 Å². The standard InChI is InChI=1S/C14H21NO/c1-4-15-10-12(2)9-13-7-5-6-8-14(13)11-16-3/h5-9,15H,4,10-11H2,1-3H3. The Hall–Kier alpha value is -1.12. The summed E-state index contributed by atoms with van der Waals surface area (Å²) in [5.41, 5.74) is 3.83. The third-order valence-corrected chi connectivity index (χ3v) is 2.41. The van der Waals surface area contributed by atoms with E-state index in [4.69, 9.17) is 4.74 Å². The second-order valence-corrected chi connectivity index (χ2v) is 3.90. The third kappa shape index (κ3) is 4.17. The molecule has 2 nitrogen and oxygen atoms in total. The first kappa shape index (κ1) is 12.9. The maximum atomic E-state index is 5.19. The Kier molecular flexibility index (Phi) is 5.83. The lowest BCUT2D eigenvalue weighted by molar-refractivity contribution is 0.184. The molecule has 0 aromatic heterocycles. The molecule has 1 N–H and O–H groups in total. The van der Waals surface area contributed by atoms with Crippen molar-refractivity contribution in [3.63, 3.8) is 0 Å². The van der Waals surface area contributed by atoms with Crippen LogP contribution in [0, 0.1) is 0 Å². The molecular formula is C14H21NO. The van der Waals surface area contributed by atoms with Crippen molar-refractivity contribution in [3.8, 4) is 0 Å². The van der Waals surface area contributed by atoms with Crippen LogP contribution in [0.1, 0.15) is 25.0 Å². The summed E-state index contributed by atoms with van der Waals surface area (Å²) in [7, 11) is 1.73. The van der Waals surface area contributed by atoms with Gasteiger partial charge in [0.05, 0.1) is 6.61 Å². The van der Waals surface area contributed by atoms with E-state index in [1.54, 1.807) is 7.11 Å². The molecule has 0 bridgehead atoms. The van der Waals surface area contributed by atoms with Gasteiger partial charge < -0.3 is 10.1 Å². The summed E-state index contributed by atoms with van der Waals surface area (Å²) in [6.07, 6.45) is 2.22. The molecule has 88 valence electrons. The lowest BCUT2D eigenvalue weighted by Gasteiger charge is -2.07. The number of benzene rings is 1. The number of hydrogen-bond donors (Lipinski definition) is 1. The van der Waals surface area contributed by atoms with Crippen LogP contribution in [0.3, 0.4) is 0 Å². The number of methoxy groups -OCH3 is 1. The minimum atomic E-state index is 0.668. The highest BCUT2D eigenvalue weighted by atomic mass is 16.5. The van der Waals surface area contributed by atoms with Gasteiger partial charge in [-0.3, -0.25) is 0 Å². The molecule has 0 atom stereocenters. The normalized spacial score (nSPS) is 11.8. The van der Waals surface area contributed by atoms with Crippen molar-refractivity contribution in [2.45, 2.75) is 20.5 Å². The smallest absolute Gasteiger partial charge is 0.0718 e. The van der Waals surface area contributed by atoms with Crippen molar-refractivity contribution in [1.82, 2.24) is 5.32 Å². The Bertz CT molecular complexity index is 344. The van der Waals surface area contributed by atoms with Gasteiger partial charge in [-0.25, -0.2) is 0 Å². The Morgan fingerprint density at radius 2 is 2.12 bits per heavy atom. The highest BCUT2D eigenvalue weighted by molar-refractivity contribution is 5.56. The van der Waals surface area contributed by atoms with Crippen LogP contribution >= 0.6 is 0 Å². The quantitative estimate of drug-likeness (QED) is 0.794. The van der Waals surface area contributed by atoms with E-state index in [1.165, 1.54) is 16.7 Å². The summed E-state index contributed by atoms with van der Waals surface area (Å²) in [5.74, 6) is 0. The number of hydrogen-bond acceptors (Lipinski definition) is 2. The molecule has 16 heavy (non-hydrogen) atoms. The summed E-state index contributed by atoms with van der Waals surface area (Å²) in [5, 5.41) is 3.32. The molecule has 0 aliphatic rings. The topological polar surface area (TPSA) is 21.3 Å². The number of likely N-dealkylation sites (N-methyl/N-ethyl adjacent to an activating group) is 1. The first-order chi connectivity index (χ1) is 7.77. The predicted octanol–water partition coefficient (Wildman–Crippen LogP) is 2.85. The highest BCUT2D eigenvalue weighted by Crippen LogP contribution is 2.13. The summed E-state index contributed by atoms with van der Waals surface area (Å²) < 4.78 is 5.19. The van der Waals surface area contributed by atoms with Gasteiger partial charge in [0.1, 0.15) is 0 Å². The zero-order valence-electron chi connectivity index (χ0n) is 10.4. The molecule has 0 heterocycles. The second kappa shape index (κ2) is 7.20. The zero-order valence-corrected chi connectivity index (χ0v) is 10.4. The van der Waals surface area contributed by atoms with Crippen LogP contribution in [-0.2, 0) is 11.3 Å². The number of nitrogens with one attached hydrogen (secondary N) is 1. The van der Waals surface area contributed by atoms with Crippen LogP contribution in [0.15, 0.2) is 29.8 Å². The van der Waals surface area contributed by atoms with Crippen LogP contribution in [-0.4, -0.2) is 20.2 Å². The number of rotatable bonds is 6. The van der Waals surface area contributed by atoms with Crippen molar-refractivity contribution in [3.05, 3.63) is 41.0 Å². The molecule has 0 saturated carbocycles. The van der Waals surface area contributed by atoms with Crippen LogP contribution in [0.25, 0.3) is 6.08 Å². The van der Waals surface area contributed by atoms with Crippen LogP contribution < -0.4 is 5.32 Å². The van der Waals surface area contributed by atoms with Gasteiger partial charge in [0, 0.05) is 13.7 Å². The first-order valence-electron chi connectivity index (χ1n) is 5.72. The van der Waals surface area contributed by atoms with Crippen LogP contribution in [0.5, 0.6) is 0 Å². The fourth-order valence-corrected chi connectivity index (χ4v) is 1.60. The molecule has 0 radical (unpaired) electrons. The van der Waals surface area contributed by atoms with Crippen molar-refractivity contribution in [2.75, 3.05) is 20.2 Å². The summed E-state index contributed by atoms with van der Waals surface area (Å²) in [6.45, 7) is 6.88. The first-order valence-corrected chi connectivity index (χ1v) is 5.72. The van der Waals surface area contributed by atoms with Gasteiger partial charge in [0.15, 0.2) is 0 Å². The van der Waals surface area contributed by atoms with E-state index in [2.05, 4.69) is 43.4 Å². The Morgan fingerprint density at radius 1 is 1.38 bits per heavy atom. The molecule has 0 unspecified atom stereocenters. The van der Waals surface area contributed by atoms with Gasteiger partial charge in [-0.15, -0.1) is 0 Å². The van der Waals surface area contributed by atoms with E-state index < -0.39 is 0 Å². The van der Waals surface area contributed by atoms with Gasteiger partial charge in [-0.05, 0) is 24.6 Å². The zero-order chi connectivity index (χ0) is 11.8. The van der Waals surface area contributed by atoms with Crippen molar-refractivity contribution < 1.29 is 4.74 Å². The Labute approximate surface area is 98.3 Å². The Morgan fingerprint density at radius 3 is 2.81 bits per heavy atom. The van der Waals surface area contributed by atoms with E-state index in [1.807, 2.05) is 6.07 Å². The van der Waals surface area contributed by atoms with E-state index >= 15 is 0 Å². The highest BCUT2D eigenvalue weighted by Gasteiger charge is 1.98. The average Bonchev–Trinajstić information content (AvgIpc) is 2.29. The molecule has 0 saturated heterocycles. The fourth-order valence-electron chi connectivity index (χ4n) is 1.60. The molecule has 0 fully saturated rings. The number of ether oxygens (including phenoxy) is 1. The maximum Gasteiger partial charge on any atom is 0.0718 e. The Balaban J connectivity index is 2.78. The van der Waals surface area contributed by atoms with E-state index in [9.17, 15) is 0 Å². The molecule has 0 spiro atoms. The van der Waals surface area contributed by atoms with E-state index in [0.717, 1.165) is 13.1 Å². The summed E-state index contributed by atoms with van der Waals surface area (Å²) in [4.78, 5) is 0. The lowest BCUT2D eigenvalue weighted by Crippen LogP contribution is -2.14. The minimum absolute atomic E-state index is 0.668. The molecule has 1 aromatic rings. The molecule has 2 heteroatoms. The van der Waals surface area contributed by atoms with E-state index in [-0.39, 0.29) is 0 Å². The molecule has 1 aromatic carbocycles. The molecule has 0 aliphatic carbocycles. The van der Waals surface area contributed by atoms with Gasteiger partial charge in [0.25, 0.3) is 0 Å². The second-order valence-electron chi connectivity index (χ2n) is 3.90. The maximum absolute atomic E-state index is 5.19. The molecular weight excluding hydrogens is 198 g/mol. The van der Waals surface area contributed by atoms with E-state index in [0.29, 0.717) is 6.61 Å². The largest absolute Gasteiger partial charge is 0.380 e. The van der Waals surface area contributed by atoms with Crippen LogP contribution in [0.4, 0.5) is 0 Å². The van der Waals surface area contributed by atoms with Gasteiger partial charge >= 0.3 is 0 Å². The van der Waals surface area contributed by atoms with Crippen molar-refractivity contribution in [1.29, 1.82) is 0 Å². The summed E-state index contributed by atoms with van der Waals surface area (Å²) in [6, 6.07) is 8.34. The lowest BCUT2D eigenvalue weighted by atomic mass is 10.1. The monoisotopic (exact) mass is 219 g/mol. The van der Waals surface area contributed by atoms with Gasteiger partial charge in [-0.1, -0.05) is 42.8 Å². The average molecular weight is 219 g/mol. The summed E-state index contributed by atoms with van der Waals surface area (Å²) >= 11 is 0.